The molecule has 4 nitrogen and oxygen atoms in total. The fourth-order valence-corrected chi connectivity index (χ4v) is 2.20. The Labute approximate surface area is 82.5 Å². The Morgan fingerprint density at radius 3 is 2.57 bits per heavy atom. The third-order valence-electron chi connectivity index (χ3n) is 2.86. The predicted octanol–water partition coefficient (Wildman–Crippen LogP) is 0.333. The number of amides is 2. The first-order chi connectivity index (χ1) is 6.69. The second-order valence-corrected chi connectivity index (χ2v) is 3.57. The van der Waals surface area contributed by atoms with Gasteiger partial charge in [0.1, 0.15) is 6.04 Å². The minimum Gasteiger partial charge on any atom is -0.317 e. The van der Waals surface area contributed by atoms with Gasteiger partial charge in [-0.05, 0) is 6.20 Å². The van der Waals surface area contributed by atoms with Crippen molar-refractivity contribution < 1.29 is 9.59 Å². The van der Waals surface area contributed by atoms with Gasteiger partial charge in [0.15, 0.2) is 0 Å². The molecular formula is C10H12N2O2. The van der Waals surface area contributed by atoms with E-state index in [2.05, 4.69) is 13.2 Å². The molecular weight excluding hydrogens is 180 g/mol. The van der Waals surface area contributed by atoms with Crippen molar-refractivity contribution in [3.05, 3.63) is 25.6 Å². The lowest BCUT2D eigenvalue weighted by Gasteiger charge is -2.18. The van der Waals surface area contributed by atoms with Crippen LogP contribution in [0, 0.1) is 5.92 Å². The van der Waals surface area contributed by atoms with Crippen LogP contribution in [0.1, 0.15) is 6.42 Å². The van der Waals surface area contributed by atoms with Gasteiger partial charge in [-0.2, -0.15) is 0 Å². The average molecular weight is 192 g/mol. The molecule has 2 unspecified atom stereocenters. The summed E-state index contributed by atoms with van der Waals surface area (Å²) in [6.07, 6.45) is 3.40. The molecule has 14 heavy (non-hydrogen) atoms. The number of nitrogens with zero attached hydrogens (tertiary/aromatic N) is 2. The molecule has 2 rings (SSSR count). The first kappa shape index (κ1) is 8.99. The first-order valence-corrected chi connectivity index (χ1v) is 4.55. The van der Waals surface area contributed by atoms with Crippen molar-refractivity contribution in [3.63, 3.8) is 0 Å². The lowest BCUT2D eigenvalue weighted by atomic mass is 10.0. The summed E-state index contributed by atoms with van der Waals surface area (Å²) in [4.78, 5) is 26.2. The van der Waals surface area contributed by atoms with Gasteiger partial charge in [-0.1, -0.05) is 13.2 Å². The van der Waals surface area contributed by atoms with Gasteiger partial charge in [-0.15, -0.1) is 0 Å². The quantitative estimate of drug-likeness (QED) is 0.632. The van der Waals surface area contributed by atoms with E-state index in [1.165, 1.54) is 17.3 Å². The van der Waals surface area contributed by atoms with E-state index >= 15 is 0 Å². The summed E-state index contributed by atoms with van der Waals surface area (Å²) in [6.45, 7) is 7.71. The second-order valence-electron chi connectivity index (χ2n) is 3.57. The molecule has 0 aromatic rings. The normalized spacial score (nSPS) is 30.9. The van der Waals surface area contributed by atoms with Crippen LogP contribution in [0.15, 0.2) is 25.6 Å². The minimum absolute atomic E-state index is 0.00735. The fourth-order valence-electron chi connectivity index (χ4n) is 2.20. The van der Waals surface area contributed by atoms with Crippen LogP contribution in [0.4, 0.5) is 0 Å². The molecule has 2 saturated heterocycles. The van der Waals surface area contributed by atoms with Crippen molar-refractivity contribution in [3.8, 4) is 0 Å². The van der Waals surface area contributed by atoms with Gasteiger partial charge in [0.25, 0.3) is 0 Å². The summed E-state index contributed by atoms with van der Waals surface area (Å²) < 4.78 is 0. The Balaban J connectivity index is 2.28. The highest BCUT2D eigenvalue weighted by Gasteiger charge is 2.49. The first-order valence-electron chi connectivity index (χ1n) is 4.55. The molecule has 0 N–H and O–H groups in total. The van der Waals surface area contributed by atoms with Crippen LogP contribution in [0.3, 0.4) is 0 Å². The fraction of sp³-hybridized carbons (Fsp3) is 0.400. The van der Waals surface area contributed by atoms with Crippen molar-refractivity contribution in [1.82, 2.24) is 9.80 Å². The summed E-state index contributed by atoms with van der Waals surface area (Å²) in [6, 6.07) is -0.335. The summed E-state index contributed by atoms with van der Waals surface area (Å²) in [5.74, 6) is 0.0498. The van der Waals surface area contributed by atoms with Gasteiger partial charge in [0, 0.05) is 25.1 Å². The molecule has 0 radical (unpaired) electrons. The van der Waals surface area contributed by atoms with Gasteiger partial charge in [-0.25, -0.2) is 0 Å². The number of rotatable bonds is 2. The molecule has 0 aliphatic carbocycles. The number of fused-ring (bicyclic) bond motifs is 1. The molecule has 0 saturated carbocycles. The van der Waals surface area contributed by atoms with Crippen LogP contribution in [0.25, 0.3) is 0 Å². The molecule has 0 spiro atoms. The number of carbonyl (C=O) groups is 2. The van der Waals surface area contributed by atoms with E-state index in [1.807, 2.05) is 0 Å². The Kier molecular flexibility index (Phi) is 1.91. The van der Waals surface area contributed by atoms with Crippen molar-refractivity contribution in [2.75, 3.05) is 6.54 Å². The van der Waals surface area contributed by atoms with Gasteiger partial charge in [0.2, 0.25) is 11.8 Å². The topological polar surface area (TPSA) is 40.6 Å². The van der Waals surface area contributed by atoms with Crippen LogP contribution in [-0.4, -0.2) is 34.2 Å². The predicted molar refractivity (Wildman–Crippen MR) is 50.8 cm³/mol. The standard InChI is InChI=1S/C10H12N2O2/c1-3-11-6-7-5-8(13)12(4-2)9(7)10(11)14/h3-4,7,9H,1-2,5-6H2. The highest BCUT2D eigenvalue weighted by atomic mass is 16.2. The van der Waals surface area contributed by atoms with E-state index in [1.54, 1.807) is 4.90 Å². The van der Waals surface area contributed by atoms with Crippen LogP contribution < -0.4 is 0 Å². The second kappa shape index (κ2) is 2.97. The number of hydrogen-bond donors (Lipinski definition) is 0. The van der Waals surface area contributed by atoms with E-state index in [4.69, 9.17) is 0 Å². The van der Waals surface area contributed by atoms with Crippen molar-refractivity contribution in [1.29, 1.82) is 0 Å². The van der Waals surface area contributed by atoms with Gasteiger partial charge < -0.3 is 9.80 Å². The zero-order valence-corrected chi connectivity index (χ0v) is 7.85. The number of hydrogen-bond acceptors (Lipinski definition) is 2. The maximum absolute atomic E-state index is 11.7. The third-order valence-corrected chi connectivity index (χ3v) is 2.86. The SMILES string of the molecule is C=CN1CC2CC(=O)N(C=C)C2C1=O. The molecule has 0 aromatic heterocycles. The highest BCUT2D eigenvalue weighted by Crippen LogP contribution is 2.33. The Morgan fingerprint density at radius 2 is 2.00 bits per heavy atom. The zero-order chi connectivity index (χ0) is 10.3. The molecule has 2 atom stereocenters. The summed E-state index contributed by atoms with van der Waals surface area (Å²) in [5.41, 5.74) is 0. The van der Waals surface area contributed by atoms with E-state index < -0.39 is 0 Å². The van der Waals surface area contributed by atoms with Crippen LogP contribution in [-0.2, 0) is 9.59 Å². The average Bonchev–Trinajstić information content (AvgIpc) is 2.63. The van der Waals surface area contributed by atoms with Gasteiger partial charge in [-0.3, -0.25) is 9.59 Å². The van der Waals surface area contributed by atoms with E-state index in [0.29, 0.717) is 13.0 Å². The van der Waals surface area contributed by atoms with Gasteiger partial charge >= 0.3 is 0 Å². The summed E-state index contributed by atoms with van der Waals surface area (Å²) in [7, 11) is 0. The third kappa shape index (κ3) is 0.999. The van der Waals surface area contributed by atoms with Crippen LogP contribution >= 0.6 is 0 Å². The molecule has 2 amide bonds. The van der Waals surface area contributed by atoms with Crippen molar-refractivity contribution in [2.45, 2.75) is 12.5 Å². The van der Waals surface area contributed by atoms with Crippen molar-refractivity contribution >= 4 is 11.8 Å². The molecule has 2 fully saturated rings. The Bertz CT molecular complexity index is 324. The lowest BCUT2D eigenvalue weighted by Crippen LogP contribution is -2.37. The largest absolute Gasteiger partial charge is 0.317 e. The number of likely N-dealkylation sites (tertiary alicyclic amines) is 2. The molecule has 0 bridgehead atoms. The Morgan fingerprint density at radius 1 is 1.29 bits per heavy atom. The molecule has 2 aliphatic heterocycles. The monoisotopic (exact) mass is 192 g/mol. The van der Waals surface area contributed by atoms with Crippen molar-refractivity contribution in [2.24, 2.45) is 5.92 Å². The van der Waals surface area contributed by atoms with Crippen LogP contribution in [0.5, 0.6) is 0 Å². The smallest absolute Gasteiger partial charge is 0.250 e. The maximum atomic E-state index is 11.7. The summed E-state index contributed by atoms with van der Waals surface area (Å²) in [5, 5.41) is 0. The molecule has 2 aliphatic rings. The minimum atomic E-state index is -0.335. The Hall–Kier alpha value is -1.58. The van der Waals surface area contributed by atoms with E-state index in [-0.39, 0.29) is 23.8 Å². The molecule has 2 heterocycles. The number of carbonyl (C=O) groups excluding carboxylic acids is 2. The summed E-state index contributed by atoms with van der Waals surface area (Å²) >= 11 is 0. The lowest BCUT2D eigenvalue weighted by molar-refractivity contribution is -0.135. The van der Waals surface area contributed by atoms with E-state index in [9.17, 15) is 9.59 Å². The van der Waals surface area contributed by atoms with Gasteiger partial charge in [0.05, 0.1) is 0 Å². The molecule has 4 heteroatoms. The van der Waals surface area contributed by atoms with E-state index in [0.717, 1.165) is 0 Å². The highest BCUT2D eigenvalue weighted by molar-refractivity contribution is 5.94. The molecule has 74 valence electrons. The maximum Gasteiger partial charge on any atom is 0.250 e. The van der Waals surface area contributed by atoms with Crippen LogP contribution in [0.2, 0.25) is 0 Å². The zero-order valence-electron chi connectivity index (χ0n) is 7.85. The molecule has 0 aromatic carbocycles.